The number of anilines is 1. The molecule has 0 unspecified atom stereocenters. The fourth-order valence-electron chi connectivity index (χ4n) is 3.93. The molecule has 0 bridgehead atoms. The maximum atomic E-state index is 6.01. The Balaban J connectivity index is 1.48. The Morgan fingerprint density at radius 1 is 0.897 bits per heavy atom. The van der Waals surface area contributed by atoms with E-state index >= 15 is 0 Å². The van der Waals surface area contributed by atoms with Crippen molar-refractivity contribution in [2.24, 2.45) is 0 Å². The lowest BCUT2D eigenvalue weighted by Gasteiger charge is -2.24. The minimum atomic E-state index is 0.768. The van der Waals surface area contributed by atoms with Gasteiger partial charge in [0, 0.05) is 31.4 Å². The molecule has 29 heavy (non-hydrogen) atoms. The second-order valence-corrected chi connectivity index (χ2v) is 7.82. The highest BCUT2D eigenvalue weighted by Gasteiger charge is 2.09. The molecule has 0 atom stereocenters. The standard InChI is InChI=1S/C25H36N2O2/c1-3-27(23-10-9-11-25(20-23)28-2)21-22-12-14-24(15-13-22)29-19-18-26-16-7-5-4-6-8-17-26/h9-15,20H,3-8,16-19,21H2,1-2H3. The average molecular weight is 397 g/mol. The molecule has 0 amide bonds. The van der Waals surface area contributed by atoms with Crippen LogP contribution in [0.2, 0.25) is 0 Å². The van der Waals surface area contributed by atoms with Gasteiger partial charge >= 0.3 is 0 Å². The van der Waals surface area contributed by atoms with E-state index in [1.54, 1.807) is 7.11 Å². The van der Waals surface area contributed by atoms with E-state index in [-0.39, 0.29) is 0 Å². The third-order valence-corrected chi connectivity index (χ3v) is 5.72. The van der Waals surface area contributed by atoms with Gasteiger partial charge < -0.3 is 14.4 Å². The molecule has 0 aromatic heterocycles. The van der Waals surface area contributed by atoms with Gasteiger partial charge in [-0.05, 0) is 62.7 Å². The summed E-state index contributed by atoms with van der Waals surface area (Å²) in [6.45, 7) is 8.24. The van der Waals surface area contributed by atoms with Gasteiger partial charge in [-0.3, -0.25) is 4.90 Å². The molecule has 1 aliphatic rings. The SMILES string of the molecule is CCN(Cc1ccc(OCCN2CCCCCCC2)cc1)c1cccc(OC)c1. The largest absolute Gasteiger partial charge is 0.497 e. The lowest BCUT2D eigenvalue weighted by molar-refractivity contribution is 0.195. The summed E-state index contributed by atoms with van der Waals surface area (Å²) in [5.74, 6) is 1.86. The maximum Gasteiger partial charge on any atom is 0.120 e. The molecular formula is C25H36N2O2. The summed E-state index contributed by atoms with van der Waals surface area (Å²) in [5.41, 5.74) is 2.46. The van der Waals surface area contributed by atoms with Crippen LogP contribution in [0.25, 0.3) is 0 Å². The summed E-state index contributed by atoms with van der Waals surface area (Å²) >= 11 is 0. The van der Waals surface area contributed by atoms with Crippen molar-refractivity contribution in [3.8, 4) is 11.5 Å². The van der Waals surface area contributed by atoms with Crippen LogP contribution in [0, 0.1) is 0 Å². The highest BCUT2D eigenvalue weighted by Crippen LogP contribution is 2.23. The van der Waals surface area contributed by atoms with Crippen molar-refractivity contribution in [3.05, 3.63) is 54.1 Å². The molecular weight excluding hydrogens is 360 g/mol. The number of nitrogens with zero attached hydrogens (tertiary/aromatic N) is 2. The van der Waals surface area contributed by atoms with Crippen molar-refractivity contribution in [2.75, 3.05) is 44.8 Å². The molecule has 1 heterocycles. The van der Waals surface area contributed by atoms with Gasteiger partial charge in [-0.2, -0.15) is 0 Å². The smallest absolute Gasteiger partial charge is 0.120 e. The van der Waals surface area contributed by atoms with Crippen LogP contribution >= 0.6 is 0 Å². The second kappa shape index (κ2) is 11.7. The minimum absolute atomic E-state index is 0.768. The first-order chi connectivity index (χ1) is 14.3. The molecule has 158 valence electrons. The second-order valence-electron chi connectivity index (χ2n) is 7.82. The zero-order valence-corrected chi connectivity index (χ0v) is 18.1. The van der Waals surface area contributed by atoms with Gasteiger partial charge in [-0.1, -0.05) is 37.5 Å². The van der Waals surface area contributed by atoms with Crippen molar-refractivity contribution in [1.82, 2.24) is 4.90 Å². The maximum absolute atomic E-state index is 6.01. The van der Waals surface area contributed by atoms with E-state index in [1.165, 1.54) is 56.4 Å². The molecule has 2 aromatic carbocycles. The molecule has 4 nitrogen and oxygen atoms in total. The first-order valence-corrected chi connectivity index (χ1v) is 11.1. The predicted molar refractivity (Wildman–Crippen MR) is 121 cm³/mol. The Kier molecular flexibility index (Phi) is 8.69. The number of rotatable bonds is 9. The zero-order valence-electron chi connectivity index (χ0n) is 18.1. The van der Waals surface area contributed by atoms with Crippen molar-refractivity contribution in [3.63, 3.8) is 0 Å². The van der Waals surface area contributed by atoms with Crippen LogP contribution in [0.1, 0.15) is 44.6 Å². The van der Waals surface area contributed by atoms with Gasteiger partial charge in [-0.15, -0.1) is 0 Å². The molecule has 4 heteroatoms. The van der Waals surface area contributed by atoms with Gasteiger partial charge in [-0.25, -0.2) is 0 Å². The van der Waals surface area contributed by atoms with E-state index in [1.807, 2.05) is 12.1 Å². The molecule has 0 saturated carbocycles. The lowest BCUT2D eigenvalue weighted by atomic mass is 10.1. The summed E-state index contributed by atoms with van der Waals surface area (Å²) in [7, 11) is 1.71. The molecule has 2 aromatic rings. The van der Waals surface area contributed by atoms with Crippen LogP contribution in [-0.2, 0) is 6.54 Å². The number of hydrogen-bond acceptors (Lipinski definition) is 4. The Bertz CT molecular complexity index is 709. The van der Waals surface area contributed by atoms with E-state index in [0.29, 0.717) is 0 Å². The van der Waals surface area contributed by atoms with Crippen molar-refractivity contribution < 1.29 is 9.47 Å². The molecule has 1 fully saturated rings. The van der Waals surface area contributed by atoms with Crippen molar-refractivity contribution in [2.45, 2.75) is 45.6 Å². The quantitative estimate of drug-likeness (QED) is 0.569. The Morgan fingerprint density at radius 2 is 1.62 bits per heavy atom. The average Bonchev–Trinajstić information content (AvgIpc) is 2.74. The molecule has 0 spiro atoms. The summed E-state index contributed by atoms with van der Waals surface area (Å²) in [4.78, 5) is 4.90. The molecule has 1 aliphatic heterocycles. The highest BCUT2D eigenvalue weighted by atomic mass is 16.5. The van der Waals surface area contributed by atoms with Gasteiger partial charge in [0.15, 0.2) is 0 Å². The molecule has 3 rings (SSSR count). The fraction of sp³-hybridized carbons (Fsp3) is 0.520. The van der Waals surface area contributed by atoms with E-state index in [2.05, 4.69) is 53.1 Å². The van der Waals surface area contributed by atoms with Crippen molar-refractivity contribution in [1.29, 1.82) is 0 Å². The third kappa shape index (κ3) is 6.97. The Morgan fingerprint density at radius 3 is 2.31 bits per heavy atom. The molecule has 0 N–H and O–H groups in total. The van der Waals surface area contributed by atoms with Crippen LogP contribution in [0.3, 0.4) is 0 Å². The molecule has 0 aliphatic carbocycles. The zero-order chi connectivity index (χ0) is 20.3. The van der Waals surface area contributed by atoms with Gasteiger partial charge in [0.1, 0.15) is 18.1 Å². The number of hydrogen-bond donors (Lipinski definition) is 0. The minimum Gasteiger partial charge on any atom is -0.497 e. The third-order valence-electron chi connectivity index (χ3n) is 5.72. The van der Waals surface area contributed by atoms with Crippen LogP contribution in [-0.4, -0.2) is 44.8 Å². The van der Waals surface area contributed by atoms with Crippen LogP contribution in [0.4, 0.5) is 5.69 Å². The fourth-order valence-corrected chi connectivity index (χ4v) is 3.93. The van der Waals surface area contributed by atoms with E-state index in [0.717, 1.165) is 37.7 Å². The first-order valence-electron chi connectivity index (χ1n) is 11.1. The topological polar surface area (TPSA) is 24.9 Å². The van der Waals surface area contributed by atoms with E-state index < -0.39 is 0 Å². The number of benzene rings is 2. The van der Waals surface area contributed by atoms with Gasteiger partial charge in [0.05, 0.1) is 7.11 Å². The van der Waals surface area contributed by atoms with Crippen LogP contribution in [0.15, 0.2) is 48.5 Å². The summed E-state index contributed by atoms with van der Waals surface area (Å²) in [6, 6.07) is 16.8. The van der Waals surface area contributed by atoms with E-state index in [9.17, 15) is 0 Å². The molecule has 1 saturated heterocycles. The lowest BCUT2D eigenvalue weighted by Crippen LogP contribution is -2.31. The number of methoxy groups -OCH3 is 1. The van der Waals surface area contributed by atoms with Crippen molar-refractivity contribution >= 4 is 5.69 Å². The summed E-state index contributed by atoms with van der Waals surface area (Å²) < 4.78 is 11.4. The van der Waals surface area contributed by atoms with Crippen LogP contribution in [0.5, 0.6) is 11.5 Å². The normalized spacial score (nSPS) is 15.4. The first kappa shape index (κ1) is 21.5. The number of likely N-dealkylation sites (tertiary alicyclic amines) is 1. The predicted octanol–water partition coefficient (Wildman–Crippen LogP) is 5.37. The van der Waals surface area contributed by atoms with Gasteiger partial charge in [0.25, 0.3) is 0 Å². The molecule has 0 radical (unpaired) electrons. The number of ether oxygens (including phenoxy) is 2. The summed E-state index contributed by atoms with van der Waals surface area (Å²) in [5, 5.41) is 0. The van der Waals surface area contributed by atoms with Crippen LogP contribution < -0.4 is 14.4 Å². The van der Waals surface area contributed by atoms with Gasteiger partial charge in [0.2, 0.25) is 0 Å². The monoisotopic (exact) mass is 396 g/mol. The Labute approximate surface area is 176 Å². The Hall–Kier alpha value is -2.20. The summed E-state index contributed by atoms with van der Waals surface area (Å²) in [6.07, 6.45) is 6.82. The highest BCUT2D eigenvalue weighted by molar-refractivity contribution is 5.51. The van der Waals surface area contributed by atoms with E-state index in [4.69, 9.17) is 9.47 Å².